The van der Waals surface area contributed by atoms with Crippen LogP contribution in [-0.4, -0.2) is 40.1 Å². The van der Waals surface area contributed by atoms with Crippen molar-refractivity contribution in [1.82, 2.24) is 5.32 Å². The van der Waals surface area contributed by atoms with E-state index < -0.39 is 26.0 Å². The molecule has 0 aromatic rings. The van der Waals surface area contributed by atoms with Gasteiger partial charge in [-0.15, -0.1) is 0 Å². The van der Waals surface area contributed by atoms with Crippen LogP contribution < -0.4 is 5.32 Å². The first-order valence-corrected chi connectivity index (χ1v) is 8.24. The van der Waals surface area contributed by atoms with Crippen molar-refractivity contribution in [2.45, 2.75) is 61.0 Å². The highest BCUT2D eigenvalue weighted by atomic mass is 31.2. The summed E-state index contributed by atoms with van der Waals surface area (Å²) in [6.45, 7) is 13.5. The Morgan fingerprint density at radius 3 is 2.05 bits per heavy atom. The van der Waals surface area contributed by atoms with Crippen LogP contribution in [0.5, 0.6) is 0 Å². The molecule has 0 bridgehead atoms. The minimum atomic E-state index is -2.46. The summed E-state index contributed by atoms with van der Waals surface area (Å²) in [5.41, 5.74) is -0.871. The average molecular weight is 313 g/mol. The summed E-state index contributed by atoms with van der Waals surface area (Å²) < 4.78 is 4.62. The Labute approximate surface area is 124 Å². The quantitative estimate of drug-likeness (QED) is 0.540. The number of carbonyl (C=O) groups excluding carboxylic acids is 1. The smallest absolute Gasteiger partial charge is 0.327 e. The van der Waals surface area contributed by atoms with Gasteiger partial charge in [-0.1, -0.05) is 48.5 Å². The van der Waals surface area contributed by atoms with Crippen LogP contribution in [0.3, 0.4) is 0 Å². The molecular weight excluding hydrogens is 281 g/mol. The minimum Gasteiger partial charge on any atom is -0.383 e. The lowest BCUT2D eigenvalue weighted by atomic mass is 9.87. The third kappa shape index (κ3) is 12.8. The second-order valence-electron chi connectivity index (χ2n) is 4.21. The van der Waals surface area contributed by atoms with Crippen LogP contribution in [0.1, 0.15) is 54.9 Å². The predicted molar refractivity (Wildman–Crippen MR) is 83.1 cm³/mol. The van der Waals surface area contributed by atoms with E-state index >= 15 is 0 Å². The third-order valence-electron chi connectivity index (χ3n) is 2.09. The summed E-state index contributed by atoms with van der Waals surface area (Å²) >= 11 is 0. The number of hydrogen-bond donors (Lipinski definition) is 4. The van der Waals surface area contributed by atoms with Crippen LogP contribution in [0.4, 0.5) is 0 Å². The van der Waals surface area contributed by atoms with E-state index in [1.165, 1.54) is 0 Å². The predicted octanol–water partition coefficient (Wildman–Crippen LogP) is 2.18. The van der Waals surface area contributed by atoms with Crippen molar-refractivity contribution in [3.8, 4) is 0 Å². The monoisotopic (exact) mass is 313 g/mol. The fourth-order valence-corrected chi connectivity index (χ4v) is 1.45. The summed E-state index contributed by atoms with van der Waals surface area (Å²) in [5.74, 6) is -0.476. The molecule has 0 aliphatic carbocycles. The lowest BCUT2D eigenvalue weighted by molar-refractivity contribution is -0.136. The molecule has 0 spiro atoms. The maximum absolute atomic E-state index is 11.5. The van der Waals surface area contributed by atoms with Crippen molar-refractivity contribution < 1.29 is 24.2 Å². The van der Waals surface area contributed by atoms with Gasteiger partial charge in [-0.3, -0.25) is 4.79 Å². The van der Waals surface area contributed by atoms with E-state index in [1.54, 1.807) is 13.8 Å². The number of aliphatic hydroxyl groups excluding tert-OH is 1. The van der Waals surface area contributed by atoms with Crippen LogP contribution in [0.25, 0.3) is 0 Å². The first-order chi connectivity index (χ1) is 9.31. The topological polar surface area (TPSA) is 99.0 Å². The molecule has 0 aromatic carbocycles. The highest BCUT2D eigenvalue weighted by Gasteiger charge is 2.34. The zero-order chi connectivity index (χ0) is 16.8. The van der Waals surface area contributed by atoms with Crippen molar-refractivity contribution in [2.75, 3.05) is 13.2 Å². The molecule has 0 saturated heterocycles. The van der Waals surface area contributed by atoms with Crippen LogP contribution in [0.2, 0.25) is 0 Å². The maximum atomic E-state index is 11.5. The highest BCUT2D eigenvalue weighted by molar-refractivity contribution is 7.39. The zero-order valence-corrected chi connectivity index (χ0v) is 14.7. The van der Waals surface area contributed by atoms with Crippen molar-refractivity contribution >= 4 is 14.5 Å². The Bertz CT molecular complexity index is 225. The Hall–Kier alpha value is -0.260. The summed E-state index contributed by atoms with van der Waals surface area (Å²) in [6, 6.07) is 0. The molecule has 124 valence electrons. The number of carbonyl (C=O) groups is 1. The second kappa shape index (κ2) is 15.1. The Morgan fingerprint density at radius 1 is 1.25 bits per heavy atom. The molecular formula is C13H32NO5P. The van der Waals surface area contributed by atoms with Crippen LogP contribution in [0.15, 0.2) is 0 Å². The molecule has 7 heteroatoms. The van der Waals surface area contributed by atoms with Gasteiger partial charge in [0.2, 0.25) is 5.91 Å². The normalized spacial score (nSPS) is 11.8. The van der Waals surface area contributed by atoms with Crippen molar-refractivity contribution in [3.05, 3.63) is 0 Å². The first kappa shape index (κ1) is 24.7. The number of aliphatic hydroxyl groups is 1. The molecule has 0 rings (SSSR count). The largest absolute Gasteiger partial charge is 0.383 e. The van der Waals surface area contributed by atoms with Crippen molar-refractivity contribution in [2.24, 2.45) is 5.41 Å². The molecule has 1 atom stereocenters. The van der Waals surface area contributed by atoms with Crippen molar-refractivity contribution in [1.29, 1.82) is 0 Å². The Kier molecular flexibility index (Phi) is 18.7. The fourth-order valence-electron chi connectivity index (χ4n) is 1.00. The van der Waals surface area contributed by atoms with E-state index in [-0.39, 0.29) is 6.61 Å². The van der Waals surface area contributed by atoms with E-state index in [0.29, 0.717) is 6.54 Å². The van der Waals surface area contributed by atoms with Gasteiger partial charge in [-0.25, -0.2) is 0 Å². The van der Waals surface area contributed by atoms with E-state index in [4.69, 9.17) is 9.79 Å². The van der Waals surface area contributed by atoms with Crippen LogP contribution in [0, 0.1) is 5.41 Å². The Morgan fingerprint density at radius 2 is 1.70 bits per heavy atom. The molecule has 1 amide bonds. The molecule has 1 unspecified atom stereocenters. The summed E-state index contributed by atoms with van der Waals surface area (Å²) in [4.78, 5) is 28.6. The van der Waals surface area contributed by atoms with Gasteiger partial charge in [0.25, 0.3) is 0 Å². The van der Waals surface area contributed by atoms with Gasteiger partial charge >= 0.3 is 8.60 Å². The first-order valence-electron chi connectivity index (χ1n) is 7.08. The van der Waals surface area contributed by atoms with Gasteiger partial charge in [0.15, 0.2) is 0 Å². The molecule has 0 fully saturated rings. The lowest BCUT2D eigenvalue weighted by Gasteiger charge is -2.29. The molecule has 0 aromatic heterocycles. The van der Waals surface area contributed by atoms with E-state index in [0.717, 1.165) is 6.42 Å². The van der Waals surface area contributed by atoms with Crippen LogP contribution >= 0.6 is 8.60 Å². The molecule has 20 heavy (non-hydrogen) atoms. The zero-order valence-electron chi connectivity index (χ0n) is 13.8. The summed E-state index contributed by atoms with van der Waals surface area (Å²) in [6.07, 6.45) is -0.456. The maximum Gasteiger partial charge on any atom is 0.327 e. The second-order valence-corrected chi connectivity index (χ2v) is 4.97. The SMILES string of the molecule is CC.CC.CCCNC(=O)C(O)C(C)(C)COP(O)O. The molecule has 4 N–H and O–H groups in total. The molecule has 0 aliphatic heterocycles. The highest BCUT2D eigenvalue weighted by Crippen LogP contribution is 2.30. The van der Waals surface area contributed by atoms with Gasteiger partial charge in [-0.2, -0.15) is 0 Å². The standard InChI is InChI=1S/C9H20NO5P.2C2H6/c1-4-5-10-8(12)7(11)9(2,3)6-15-16(13)14;2*1-2/h7,11,13-14H,4-6H2,1-3H3,(H,10,12);2*1-2H3. The molecule has 6 nitrogen and oxygen atoms in total. The fraction of sp³-hybridized carbons (Fsp3) is 0.923. The van der Waals surface area contributed by atoms with E-state index in [2.05, 4.69) is 9.84 Å². The molecule has 0 saturated carbocycles. The van der Waals surface area contributed by atoms with Gasteiger partial charge in [0.05, 0.1) is 6.61 Å². The molecule has 0 heterocycles. The lowest BCUT2D eigenvalue weighted by Crippen LogP contribution is -2.45. The summed E-state index contributed by atoms with van der Waals surface area (Å²) in [5, 5.41) is 12.3. The van der Waals surface area contributed by atoms with Gasteiger partial charge in [0, 0.05) is 12.0 Å². The van der Waals surface area contributed by atoms with Gasteiger partial charge in [-0.05, 0) is 6.42 Å². The number of hydrogen-bond acceptors (Lipinski definition) is 5. The minimum absolute atomic E-state index is 0.105. The van der Waals surface area contributed by atoms with Gasteiger partial charge < -0.3 is 24.7 Å². The summed E-state index contributed by atoms with van der Waals surface area (Å²) in [7, 11) is -2.46. The van der Waals surface area contributed by atoms with Crippen LogP contribution in [-0.2, 0) is 9.32 Å². The van der Waals surface area contributed by atoms with E-state index in [1.807, 2.05) is 34.6 Å². The molecule has 0 aliphatic rings. The third-order valence-corrected chi connectivity index (χ3v) is 2.45. The van der Waals surface area contributed by atoms with Gasteiger partial charge in [0.1, 0.15) is 6.10 Å². The number of nitrogens with one attached hydrogen (secondary N) is 1. The average Bonchev–Trinajstić information content (AvgIpc) is 2.46. The van der Waals surface area contributed by atoms with Crippen molar-refractivity contribution in [3.63, 3.8) is 0 Å². The number of amides is 1. The molecule has 0 radical (unpaired) electrons. The Balaban J connectivity index is -0.000000656. The van der Waals surface area contributed by atoms with E-state index in [9.17, 15) is 9.90 Å². The number of rotatable bonds is 7.